The van der Waals surface area contributed by atoms with Crippen molar-refractivity contribution in [2.45, 2.75) is 32.4 Å². The third-order valence-corrected chi connectivity index (χ3v) is 6.64. The lowest BCUT2D eigenvalue weighted by molar-refractivity contribution is -0.135. The van der Waals surface area contributed by atoms with Gasteiger partial charge in [-0.1, -0.05) is 17.7 Å². The Morgan fingerprint density at radius 1 is 1.18 bits per heavy atom. The number of thiazole rings is 1. The Morgan fingerprint density at radius 2 is 1.97 bits per heavy atom. The average molecular weight is 485 g/mol. The molecule has 1 aliphatic heterocycles. The number of piperidine rings is 1. The molecule has 0 atom stereocenters. The maximum absolute atomic E-state index is 12.7. The molecular formula is C24H25ClN4O3S. The first-order valence-electron chi connectivity index (χ1n) is 10.8. The largest absolute Gasteiger partial charge is 0.486 e. The minimum atomic E-state index is -0.0680. The van der Waals surface area contributed by atoms with E-state index in [0.717, 1.165) is 22.0 Å². The lowest BCUT2D eigenvalue weighted by atomic mass is 9.95. The number of amides is 2. The van der Waals surface area contributed by atoms with E-state index in [2.05, 4.69) is 15.3 Å². The van der Waals surface area contributed by atoms with E-state index in [9.17, 15) is 9.59 Å². The molecule has 1 N–H and O–H groups in total. The molecule has 0 spiro atoms. The molecule has 0 radical (unpaired) electrons. The molecule has 2 amide bonds. The summed E-state index contributed by atoms with van der Waals surface area (Å²) in [5.41, 5.74) is 1.72. The third kappa shape index (κ3) is 6.76. The summed E-state index contributed by atoms with van der Waals surface area (Å²) in [5.74, 6) is 0.733. The lowest BCUT2D eigenvalue weighted by Gasteiger charge is -2.31. The first-order chi connectivity index (χ1) is 16.1. The van der Waals surface area contributed by atoms with Crippen LogP contribution in [0.25, 0.3) is 0 Å². The maximum atomic E-state index is 12.7. The van der Waals surface area contributed by atoms with Crippen molar-refractivity contribution in [2.75, 3.05) is 13.1 Å². The molecule has 7 nitrogen and oxygen atoms in total. The number of pyridine rings is 1. The Morgan fingerprint density at radius 3 is 2.70 bits per heavy atom. The average Bonchev–Trinajstić information content (AvgIpc) is 3.30. The van der Waals surface area contributed by atoms with Gasteiger partial charge in [0.1, 0.15) is 17.4 Å². The molecule has 172 valence electrons. The van der Waals surface area contributed by atoms with Gasteiger partial charge in [-0.2, -0.15) is 0 Å². The van der Waals surface area contributed by atoms with E-state index in [0.29, 0.717) is 44.1 Å². The van der Waals surface area contributed by atoms with Crippen LogP contribution in [0.15, 0.2) is 54.2 Å². The summed E-state index contributed by atoms with van der Waals surface area (Å²) < 4.78 is 5.72. The highest BCUT2D eigenvalue weighted by Gasteiger charge is 2.27. The van der Waals surface area contributed by atoms with E-state index >= 15 is 0 Å². The van der Waals surface area contributed by atoms with Crippen molar-refractivity contribution in [3.05, 3.63) is 75.5 Å². The molecule has 0 bridgehead atoms. The van der Waals surface area contributed by atoms with Crippen LogP contribution in [0.5, 0.6) is 5.75 Å². The van der Waals surface area contributed by atoms with Crippen LogP contribution in [0.4, 0.5) is 0 Å². The molecule has 33 heavy (non-hydrogen) atoms. The summed E-state index contributed by atoms with van der Waals surface area (Å²) in [6.07, 6.45) is 5.05. The first-order valence-corrected chi connectivity index (χ1v) is 12.1. The lowest BCUT2D eigenvalue weighted by Crippen LogP contribution is -2.43. The topological polar surface area (TPSA) is 84.4 Å². The number of ether oxygens (including phenoxy) is 1. The predicted molar refractivity (Wildman–Crippen MR) is 127 cm³/mol. The number of hydrogen-bond donors (Lipinski definition) is 1. The Bertz CT molecular complexity index is 1070. The van der Waals surface area contributed by atoms with Crippen molar-refractivity contribution < 1.29 is 14.3 Å². The molecular weight excluding hydrogens is 460 g/mol. The number of halogens is 1. The molecule has 0 aliphatic carbocycles. The van der Waals surface area contributed by atoms with Gasteiger partial charge in [-0.3, -0.25) is 14.6 Å². The van der Waals surface area contributed by atoms with Gasteiger partial charge in [-0.05, 0) is 48.7 Å². The quantitative estimate of drug-likeness (QED) is 0.524. The van der Waals surface area contributed by atoms with Crippen LogP contribution >= 0.6 is 22.9 Å². The SMILES string of the molecule is O=C(NCc1cccnc1)C1CCN(C(=O)Cc2csc(COc3ccc(Cl)cc3)n2)CC1. The summed E-state index contributed by atoms with van der Waals surface area (Å²) in [6.45, 7) is 1.99. The zero-order valence-electron chi connectivity index (χ0n) is 18.1. The Balaban J connectivity index is 1.19. The van der Waals surface area contributed by atoms with Gasteiger partial charge in [-0.25, -0.2) is 4.98 Å². The number of carbonyl (C=O) groups excluding carboxylic acids is 2. The van der Waals surface area contributed by atoms with E-state index in [1.54, 1.807) is 24.5 Å². The van der Waals surface area contributed by atoms with Crippen LogP contribution in [-0.2, 0) is 29.2 Å². The minimum Gasteiger partial charge on any atom is -0.486 e. The zero-order valence-corrected chi connectivity index (χ0v) is 19.6. The monoisotopic (exact) mass is 484 g/mol. The fourth-order valence-corrected chi connectivity index (χ4v) is 4.50. The van der Waals surface area contributed by atoms with E-state index in [-0.39, 0.29) is 24.2 Å². The number of hydrogen-bond acceptors (Lipinski definition) is 6. The summed E-state index contributed by atoms with van der Waals surface area (Å²) >= 11 is 7.36. The second kappa shape index (κ2) is 11.2. The van der Waals surface area contributed by atoms with Crippen LogP contribution in [-0.4, -0.2) is 39.8 Å². The highest BCUT2D eigenvalue weighted by molar-refractivity contribution is 7.09. The summed E-state index contributed by atoms with van der Waals surface area (Å²) in [5, 5.41) is 6.35. The molecule has 1 saturated heterocycles. The molecule has 0 unspecified atom stereocenters. The van der Waals surface area contributed by atoms with Gasteiger partial charge in [-0.15, -0.1) is 11.3 Å². The van der Waals surface area contributed by atoms with Crippen molar-refractivity contribution in [1.82, 2.24) is 20.2 Å². The van der Waals surface area contributed by atoms with Crippen LogP contribution < -0.4 is 10.1 Å². The highest BCUT2D eigenvalue weighted by atomic mass is 35.5. The van der Waals surface area contributed by atoms with Gasteiger partial charge < -0.3 is 15.0 Å². The molecule has 1 aliphatic rings. The third-order valence-electron chi connectivity index (χ3n) is 5.52. The summed E-state index contributed by atoms with van der Waals surface area (Å²) in [4.78, 5) is 35.6. The molecule has 0 saturated carbocycles. The molecule has 3 aromatic rings. The van der Waals surface area contributed by atoms with Gasteiger partial charge in [0.25, 0.3) is 0 Å². The van der Waals surface area contributed by atoms with Gasteiger partial charge in [0.15, 0.2) is 0 Å². The standard InChI is InChI=1S/C24H25ClN4O3S/c25-19-3-5-21(6-4-19)32-15-22-28-20(16-33-22)12-23(30)29-10-7-18(8-11-29)24(31)27-14-17-2-1-9-26-13-17/h1-6,9,13,16,18H,7-8,10-12,14-15H2,(H,27,31). The zero-order chi connectivity index (χ0) is 23.0. The normalized spacial score (nSPS) is 14.2. The van der Waals surface area contributed by atoms with E-state index in [1.807, 2.05) is 34.5 Å². The number of likely N-dealkylation sites (tertiary alicyclic amines) is 1. The van der Waals surface area contributed by atoms with Crippen LogP contribution in [0.2, 0.25) is 5.02 Å². The van der Waals surface area contributed by atoms with Crippen LogP contribution in [0.1, 0.15) is 29.1 Å². The number of nitrogens with one attached hydrogen (secondary N) is 1. The molecule has 4 rings (SSSR count). The van der Waals surface area contributed by atoms with Gasteiger partial charge in [0, 0.05) is 48.3 Å². The second-order valence-corrected chi connectivity index (χ2v) is 9.27. The molecule has 9 heteroatoms. The Hall–Kier alpha value is -2.97. The van der Waals surface area contributed by atoms with E-state index in [4.69, 9.17) is 16.3 Å². The summed E-state index contributed by atoms with van der Waals surface area (Å²) in [6, 6.07) is 10.9. The van der Waals surface area contributed by atoms with Gasteiger partial charge in [0.05, 0.1) is 12.1 Å². The van der Waals surface area contributed by atoms with Crippen molar-refractivity contribution in [3.63, 3.8) is 0 Å². The number of benzene rings is 1. The van der Waals surface area contributed by atoms with E-state index in [1.165, 1.54) is 11.3 Å². The number of carbonyl (C=O) groups is 2. The summed E-state index contributed by atoms with van der Waals surface area (Å²) in [7, 11) is 0. The van der Waals surface area contributed by atoms with Gasteiger partial charge in [0.2, 0.25) is 11.8 Å². The Labute approximate surface area is 201 Å². The smallest absolute Gasteiger partial charge is 0.228 e. The Kier molecular flexibility index (Phi) is 7.91. The van der Waals surface area contributed by atoms with Crippen molar-refractivity contribution in [1.29, 1.82) is 0 Å². The van der Waals surface area contributed by atoms with E-state index < -0.39 is 0 Å². The second-order valence-electron chi connectivity index (χ2n) is 7.89. The van der Waals surface area contributed by atoms with Crippen molar-refractivity contribution >= 4 is 34.8 Å². The molecule has 3 heterocycles. The minimum absolute atomic E-state index is 0.0378. The molecule has 1 fully saturated rings. The van der Waals surface area contributed by atoms with Crippen LogP contribution in [0.3, 0.4) is 0 Å². The fourth-order valence-electron chi connectivity index (χ4n) is 3.67. The van der Waals surface area contributed by atoms with Crippen molar-refractivity contribution in [3.8, 4) is 5.75 Å². The highest BCUT2D eigenvalue weighted by Crippen LogP contribution is 2.21. The molecule has 2 aromatic heterocycles. The van der Waals surface area contributed by atoms with Gasteiger partial charge >= 0.3 is 0 Å². The number of nitrogens with zero attached hydrogens (tertiary/aromatic N) is 3. The first kappa shape index (κ1) is 23.2. The van der Waals surface area contributed by atoms with Crippen LogP contribution in [0, 0.1) is 5.92 Å². The fraction of sp³-hybridized carbons (Fsp3) is 0.333. The maximum Gasteiger partial charge on any atom is 0.228 e. The molecule has 1 aromatic carbocycles. The number of aromatic nitrogens is 2. The predicted octanol–water partition coefficient (Wildman–Crippen LogP) is 3.87. The number of rotatable bonds is 8. The van der Waals surface area contributed by atoms with Crippen molar-refractivity contribution in [2.24, 2.45) is 5.92 Å².